The summed E-state index contributed by atoms with van der Waals surface area (Å²) in [4.78, 5) is 3.36. The van der Waals surface area contributed by atoms with Crippen molar-refractivity contribution in [2.24, 2.45) is 0 Å². The van der Waals surface area contributed by atoms with E-state index in [4.69, 9.17) is 9.15 Å². The summed E-state index contributed by atoms with van der Waals surface area (Å²) in [5.41, 5.74) is -0.150. The second-order valence-electron chi connectivity index (χ2n) is 6.22. The fourth-order valence-electron chi connectivity index (χ4n) is 2.86. The summed E-state index contributed by atoms with van der Waals surface area (Å²) < 4.78 is 11.8. The Kier molecular flexibility index (Phi) is 3.86. The molecule has 1 aliphatic heterocycles. The van der Waals surface area contributed by atoms with Crippen LogP contribution in [0.2, 0.25) is 0 Å². The minimum Gasteiger partial charge on any atom is -0.418 e. The van der Waals surface area contributed by atoms with Crippen molar-refractivity contribution >= 4 is 11.3 Å². The van der Waals surface area contributed by atoms with Gasteiger partial charge in [-0.15, -0.1) is 21.5 Å². The Balaban J connectivity index is 1.77. The average Bonchev–Trinajstić information content (AvgIpc) is 3.06. The van der Waals surface area contributed by atoms with Crippen LogP contribution in [-0.4, -0.2) is 39.9 Å². The Morgan fingerprint density at radius 3 is 2.90 bits per heavy atom. The number of aromatic nitrogens is 2. The third-order valence-corrected chi connectivity index (χ3v) is 4.53. The minimum absolute atomic E-state index is 0.0943. The molecule has 0 aromatic carbocycles. The summed E-state index contributed by atoms with van der Waals surface area (Å²) in [5, 5.41) is 10.4. The highest BCUT2D eigenvalue weighted by Gasteiger charge is 2.35. The van der Waals surface area contributed by atoms with Crippen molar-refractivity contribution in [3.8, 4) is 10.8 Å². The fraction of sp³-hybridized carbons (Fsp3) is 0.600. The third kappa shape index (κ3) is 3.17. The van der Waals surface area contributed by atoms with Gasteiger partial charge in [0.1, 0.15) is 0 Å². The molecule has 2 aromatic rings. The van der Waals surface area contributed by atoms with Gasteiger partial charge in [0.05, 0.1) is 22.6 Å². The molecule has 0 aliphatic carbocycles. The topological polar surface area (TPSA) is 51.4 Å². The van der Waals surface area contributed by atoms with Gasteiger partial charge in [-0.05, 0) is 39.1 Å². The molecule has 2 aromatic heterocycles. The van der Waals surface area contributed by atoms with E-state index in [1.165, 1.54) is 0 Å². The summed E-state index contributed by atoms with van der Waals surface area (Å²) in [6, 6.07) is 4.07. The lowest BCUT2D eigenvalue weighted by Gasteiger charge is -2.43. The van der Waals surface area contributed by atoms with Gasteiger partial charge in [-0.3, -0.25) is 4.90 Å². The molecule has 3 heterocycles. The lowest BCUT2D eigenvalue weighted by atomic mass is 10.0. The molecule has 1 aliphatic rings. The first-order valence-electron chi connectivity index (χ1n) is 7.24. The van der Waals surface area contributed by atoms with Crippen LogP contribution in [0.1, 0.15) is 39.6 Å². The van der Waals surface area contributed by atoms with Gasteiger partial charge in [0.15, 0.2) is 0 Å². The van der Waals surface area contributed by atoms with E-state index in [2.05, 4.69) is 42.8 Å². The lowest BCUT2D eigenvalue weighted by molar-refractivity contribution is -0.138. The summed E-state index contributed by atoms with van der Waals surface area (Å²) in [5.74, 6) is 1.27. The average molecular weight is 307 g/mol. The van der Waals surface area contributed by atoms with Crippen molar-refractivity contribution in [2.75, 3.05) is 13.1 Å². The maximum Gasteiger partial charge on any atom is 0.257 e. The van der Waals surface area contributed by atoms with E-state index in [1.807, 2.05) is 17.5 Å². The largest absolute Gasteiger partial charge is 0.418 e. The zero-order valence-corrected chi connectivity index (χ0v) is 13.7. The predicted octanol–water partition coefficient (Wildman–Crippen LogP) is 3.36. The number of hydrogen-bond donors (Lipinski definition) is 0. The standard InChI is InChI=1S/C15H21N3O2S/c1-10-8-18(9-15(3,4)20-10)11(2)13-16-17-14(19-13)12-6-5-7-21-12/h5-7,10-11H,8-9H2,1-4H3/t10-,11-/m0/s1. The number of thiophene rings is 1. The van der Waals surface area contributed by atoms with Crippen molar-refractivity contribution in [1.29, 1.82) is 0 Å². The molecular weight excluding hydrogens is 286 g/mol. The maximum atomic E-state index is 5.95. The lowest BCUT2D eigenvalue weighted by Crippen LogP contribution is -2.52. The third-order valence-electron chi connectivity index (χ3n) is 3.67. The number of morpholine rings is 1. The van der Waals surface area contributed by atoms with Crippen LogP contribution in [-0.2, 0) is 4.74 Å². The van der Waals surface area contributed by atoms with Crippen molar-refractivity contribution < 1.29 is 9.15 Å². The molecular formula is C15H21N3O2S. The molecule has 0 unspecified atom stereocenters. The van der Waals surface area contributed by atoms with Gasteiger partial charge in [0.2, 0.25) is 5.89 Å². The quantitative estimate of drug-likeness (QED) is 0.870. The minimum atomic E-state index is -0.150. The molecule has 21 heavy (non-hydrogen) atoms. The summed E-state index contributed by atoms with van der Waals surface area (Å²) in [6.07, 6.45) is 0.205. The SMILES string of the molecule is C[C@H]1CN([C@@H](C)c2nnc(-c3cccs3)o2)CC(C)(C)O1. The van der Waals surface area contributed by atoms with E-state index >= 15 is 0 Å². The van der Waals surface area contributed by atoms with Gasteiger partial charge in [-0.25, -0.2) is 0 Å². The van der Waals surface area contributed by atoms with Crippen LogP contribution in [0.5, 0.6) is 0 Å². The molecule has 0 amide bonds. The maximum absolute atomic E-state index is 5.95. The first-order chi connectivity index (χ1) is 9.94. The van der Waals surface area contributed by atoms with E-state index in [1.54, 1.807) is 11.3 Å². The van der Waals surface area contributed by atoms with E-state index in [-0.39, 0.29) is 17.7 Å². The van der Waals surface area contributed by atoms with Crippen LogP contribution < -0.4 is 0 Å². The highest BCUT2D eigenvalue weighted by molar-refractivity contribution is 7.13. The second kappa shape index (κ2) is 5.51. The Bertz CT molecular complexity index is 594. The van der Waals surface area contributed by atoms with E-state index in [0.29, 0.717) is 11.8 Å². The molecule has 6 heteroatoms. The van der Waals surface area contributed by atoms with Gasteiger partial charge < -0.3 is 9.15 Å². The zero-order valence-electron chi connectivity index (χ0n) is 12.9. The van der Waals surface area contributed by atoms with Crippen LogP contribution >= 0.6 is 11.3 Å². The van der Waals surface area contributed by atoms with E-state index < -0.39 is 0 Å². The van der Waals surface area contributed by atoms with Crippen molar-refractivity contribution in [3.05, 3.63) is 23.4 Å². The first-order valence-corrected chi connectivity index (χ1v) is 8.12. The number of hydrogen-bond acceptors (Lipinski definition) is 6. The van der Waals surface area contributed by atoms with Crippen molar-refractivity contribution in [2.45, 2.75) is 45.4 Å². The molecule has 2 atom stereocenters. The predicted molar refractivity (Wildman–Crippen MR) is 82.2 cm³/mol. The van der Waals surface area contributed by atoms with Gasteiger partial charge in [0, 0.05) is 13.1 Å². The second-order valence-corrected chi connectivity index (χ2v) is 7.16. The van der Waals surface area contributed by atoms with E-state index in [9.17, 15) is 0 Å². The normalized spacial score (nSPS) is 24.1. The number of rotatable bonds is 3. The van der Waals surface area contributed by atoms with Crippen molar-refractivity contribution in [1.82, 2.24) is 15.1 Å². The van der Waals surface area contributed by atoms with Crippen LogP contribution in [0.4, 0.5) is 0 Å². The molecule has 0 saturated carbocycles. The zero-order chi connectivity index (χ0) is 15.0. The summed E-state index contributed by atoms with van der Waals surface area (Å²) in [7, 11) is 0. The van der Waals surface area contributed by atoms with Crippen molar-refractivity contribution in [3.63, 3.8) is 0 Å². The van der Waals surface area contributed by atoms with Gasteiger partial charge in [-0.2, -0.15) is 0 Å². The Hall–Kier alpha value is -1.24. The molecule has 1 saturated heterocycles. The molecule has 3 rings (SSSR count). The van der Waals surface area contributed by atoms with E-state index in [0.717, 1.165) is 18.0 Å². The number of nitrogens with zero attached hydrogens (tertiary/aromatic N) is 3. The fourth-order valence-corrected chi connectivity index (χ4v) is 3.50. The molecule has 0 bridgehead atoms. The monoisotopic (exact) mass is 307 g/mol. The molecule has 1 fully saturated rings. The van der Waals surface area contributed by atoms with Crippen LogP contribution in [0.15, 0.2) is 21.9 Å². The van der Waals surface area contributed by atoms with Crippen LogP contribution in [0.25, 0.3) is 10.8 Å². The van der Waals surface area contributed by atoms with Gasteiger partial charge >= 0.3 is 0 Å². The Labute approximate surface area is 128 Å². The molecule has 5 nitrogen and oxygen atoms in total. The molecule has 0 spiro atoms. The summed E-state index contributed by atoms with van der Waals surface area (Å²) in [6.45, 7) is 10.2. The van der Waals surface area contributed by atoms with Gasteiger partial charge in [0.25, 0.3) is 5.89 Å². The Morgan fingerprint density at radius 2 is 2.24 bits per heavy atom. The Morgan fingerprint density at radius 1 is 1.43 bits per heavy atom. The van der Waals surface area contributed by atoms with Gasteiger partial charge in [-0.1, -0.05) is 6.07 Å². The summed E-state index contributed by atoms with van der Waals surface area (Å²) >= 11 is 1.61. The molecule has 0 N–H and O–H groups in total. The smallest absolute Gasteiger partial charge is 0.257 e. The number of ether oxygens (including phenoxy) is 1. The van der Waals surface area contributed by atoms with Crippen LogP contribution in [0.3, 0.4) is 0 Å². The first kappa shape index (κ1) is 14.7. The molecule has 0 radical (unpaired) electrons. The highest BCUT2D eigenvalue weighted by atomic mass is 32.1. The van der Waals surface area contributed by atoms with Crippen LogP contribution in [0, 0.1) is 0 Å². The molecule has 114 valence electrons. The highest BCUT2D eigenvalue weighted by Crippen LogP contribution is 2.30.